The third-order valence-electron chi connectivity index (χ3n) is 2.77. The Labute approximate surface area is 102 Å². The second kappa shape index (κ2) is 6.03. The van der Waals surface area contributed by atoms with Gasteiger partial charge in [0.2, 0.25) is 0 Å². The maximum absolute atomic E-state index is 5.77. The molecular weight excluding hydrogens is 212 g/mol. The monoisotopic (exact) mass is 230 g/mol. The van der Waals surface area contributed by atoms with E-state index in [0.717, 1.165) is 18.8 Å². The Morgan fingerprint density at radius 2 is 2.41 bits per heavy atom. The van der Waals surface area contributed by atoms with Gasteiger partial charge in [-0.1, -0.05) is 17.7 Å². The van der Waals surface area contributed by atoms with E-state index in [4.69, 9.17) is 5.73 Å². The van der Waals surface area contributed by atoms with Crippen molar-refractivity contribution < 1.29 is 0 Å². The van der Waals surface area contributed by atoms with Crippen molar-refractivity contribution in [2.75, 3.05) is 11.9 Å². The smallest absolute Gasteiger partial charge is 0.194 e. The van der Waals surface area contributed by atoms with Gasteiger partial charge in [0.25, 0.3) is 0 Å². The van der Waals surface area contributed by atoms with Crippen LogP contribution in [-0.2, 0) is 0 Å². The van der Waals surface area contributed by atoms with E-state index in [0.29, 0.717) is 5.96 Å². The van der Waals surface area contributed by atoms with Crippen LogP contribution in [0.1, 0.15) is 25.7 Å². The Morgan fingerprint density at radius 1 is 1.47 bits per heavy atom. The molecule has 0 fully saturated rings. The Balaban J connectivity index is 1.77. The molecule has 1 aromatic rings. The Bertz CT molecular complexity index is 409. The Hall–Kier alpha value is -1.84. The fourth-order valence-electron chi connectivity index (χ4n) is 1.89. The highest BCUT2D eigenvalue weighted by molar-refractivity contribution is 5.91. The zero-order valence-electron chi connectivity index (χ0n) is 9.89. The standard InChI is InChI=1S/C13H18N4/c14-13(17-12-7-3-4-9-15-12)16-10-8-11-5-1-2-6-11/h3-5,7,9H,1-2,6,8,10H2,(H3,14,15,16,17). The molecule has 1 aromatic heterocycles. The Morgan fingerprint density at radius 3 is 3.12 bits per heavy atom. The first kappa shape index (κ1) is 11.6. The van der Waals surface area contributed by atoms with Crippen LogP contribution in [0.3, 0.4) is 0 Å². The summed E-state index contributed by atoms with van der Waals surface area (Å²) in [4.78, 5) is 8.41. The van der Waals surface area contributed by atoms with Gasteiger partial charge < -0.3 is 11.1 Å². The van der Waals surface area contributed by atoms with Gasteiger partial charge in [0.1, 0.15) is 5.82 Å². The van der Waals surface area contributed by atoms with Gasteiger partial charge in [0.05, 0.1) is 0 Å². The molecule has 0 spiro atoms. The van der Waals surface area contributed by atoms with Crippen molar-refractivity contribution in [1.29, 1.82) is 0 Å². The molecule has 0 aliphatic heterocycles. The number of rotatable bonds is 4. The van der Waals surface area contributed by atoms with Crippen LogP contribution in [0, 0.1) is 0 Å². The summed E-state index contributed by atoms with van der Waals surface area (Å²) >= 11 is 0. The molecule has 0 saturated carbocycles. The molecule has 0 radical (unpaired) electrons. The average Bonchev–Trinajstić information content (AvgIpc) is 2.83. The lowest BCUT2D eigenvalue weighted by molar-refractivity contribution is 0.850. The molecule has 1 aliphatic carbocycles. The second-order valence-corrected chi connectivity index (χ2v) is 4.11. The quantitative estimate of drug-likeness (QED) is 0.474. The van der Waals surface area contributed by atoms with Gasteiger partial charge in [0, 0.05) is 12.7 Å². The summed E-state index contributed by atoms with van der Waals surface area (Å²) < 4.78 is 0. The zero-order chi connectivity index (χ0) is 11.9. The minimum absolute atomic E-state index is 0.433. The first-order valence-corrected chi connectivity index (χ1v) is 6.00. The van der Waals surface area contributed by atoms with E-state index < -0.39 is 0 Å². The number of allylic oxidation sites excluding steroid dienone is 1. The van der Waals surface area contributed by atoms with Gasteiger partial charge in [0.15, 0.2) is 5.96 Å². The molecule has 0 atom stereocenters. The van der Waals surface area contributed by atoms with Gasteiger partial charge >= 0.3 is 0 Å². The summed E-state index contributed by atoms with van der Waals surface area (Å²) in [5.74, 6) is 1.16. The number of aromatic nitrogens is 1. The number of hydrogen-bond donors (Lipinski definition) is 2. The molecule has 0 bridgehead atoms. The van der Waals surface area contributed by atoms with E-state index >= 15 is 0 Å². The van der Waals surface area contributed by atoms with Crippen LogP contribution in [0.4, 0.5) is 5.82 Å². The predicted molar refractivity (Wildman–Crippen MR) is 70.9 cm³/mol. The fourth-order valence-corrected chi connectivity index (χ4v) is 1.89. The van der Waals surface area contributed by atoms with Crippen molar-refractivity contribution in [3.05, 3.63) is 36.0 Å². The first-order valence-electron chi connectivity index (χ1n) is 6.00. The van der Waals surface area contributed by atoms with E-state index in [9.17, 15) is 0 Å². The predicted octanol–water partition coefficient (Wildman–Crippen LogP) is 2.31. The molecule has 0 unspecified atom stereocenters. The third kappa shape index (κ3) is 3.90. The van der Waals surface area contributed by atoms with Crippen molar-refractivity contribution in [3.63, 3.8) is 0 Å². The highest BCUT2D eigenvalue weighted by Gasteiger charge is 2.03. The van der Waals surface area contributed by atoms with Crippen molar-refractivity contribution in [3.8, 4) is 0 Å². The van der Waals surface area contributed by atoms with E-state index in [2.05, 4.69) is 21.4 Å². The fraction of sp³-hybridized carbons (Fsp3) is 0.385. The molecule has 90 valence electrons. The molecule has 4 heteroatoms. The van der Waals surface area contributed by atoms with Crippen molar-refractivity contribution in [2.45, 2.75) is 25.7 Å². The van der Waals surface area contributed by atoms with E-state index in [1.807, 2.05) is 18.2 Å². The van der Waals surface area contributed by atoms with Crippen molar-refractivity contribution in [2.24, 2.45) is 10.7 Å². The minimum atomic E-state index is 0.433. The van der Waals surface area contributed by atoms with Gasteiger partial charge in [-0.05, 0) is 37.8 Å². The van der Waals surface area contributed by atoms with E-state index in [1.165, 1.54) is 24.8 Å². The summed E-state index contributed by atoms with van der Waals surface area (Å²) in [7, 11) is 0. The lowest BCUT2D eigenvalue weighted by atomic mass is 10.2. The number of nitrogens with one attached hydrogen (secondary N) is 1. The van der Waals surface area contributed by atoms with Crippen molar-refractivity contribution >= 4 is 11.8 Å². The summed E-state index contributed by atoms with van der Waals surface area (Å²) in [6.07, 6.45) is 8.80. The SMILES string of the molecule is NC(=NCCC1=CCCC1)Nc1ccccn1. The first-order chi connectivity index (χ1) is 8.34. The molecule has 17 heavy (non-hydrogen) atoms. The lowest BCUT2D eigenvalue weighted by Crippen LogP contribution is -2.23. The van der Waals surface area contributed by atoms with Gasteiger partial charge in [-0.2, -0.15) is 0 Å². The number of nitrogens with two attached hydrogens (primary N) is 1. The number of pyridine rings is 1. The summed E-state index contributed by atoms with van der Waals surface area (Å²) in [5.41, 5.74) is 7.28. The van der Waals surface area contributed by atoms with E-state index in [-0.39, 0.29) is 0 Å². The van der Waals surface area contributed by atoms with Crippen LogP contribution < -0.4 is 11.1 Å². The Kier molecular flexibility index (Phi) is 4.13. The largest absolute Gasteiger partial charge is 0.370 e. The molecular formula is C13H18N4. The lowest BCUT2D eigenvalue weighted by Gasteiger charge is -2.04. The molecule has 1 aliphatic rings. The highest BCUT2D eigenvalue weighted by Crippen LogP contribution is 2.20. The number of anilines is 1. The number of nitrogens with zero attached hydrogens (tertiary/aromatic N) is 2. The molecule has 2 rings (SSSR count). The van der Waals surface area contributed by atoms with Crippen LogP contribution in [0.5, 0.6) is 0 Å². The number of guanidine groups is 1. The van der Waals surface area contributed by atoms with E-state index in [1.54, 1.807) is 6.20 Å². The van der Waals surface area contributed by atoms with Gasteiger partial charge in [-0.3, -0.25) is 4.99 Å². The zero-order valence-corrected chi connectivity index (χ0v) is 9.89. The number of hydrogen-bond acceptors (Lipinski definition) is 2. The minimum Gasteiger partial charge on any atom is -0.370 e. The highest BCUT2D eigenvalue weighted by atomic mass is 15.1. The molecule has 0 saturated heterocycles. The second-order valence-electron chi connectivity index (χ2n) is 4.11. The average molecular weight is 230 g/mol. The van der Waals surface area contributed by atoms with Crippen LogP contribution >= 0.6 is 0 Å². The van der Waals surface area contributed by atoms with Gasteiger partial charge in [-0.25, -0.2) is 4.98 Å². The van der Waals surface area contributed by atoms with Crippen LogP contribution in [0.2, 0.25) is 0 Å². The number of aliphatic imine (C=N–C) groups is 1. The topological polar surface area (TPSA) is 63.3 Å². The van der Waals surface area contributed by atoms with Crippen LogP contribution in [0.15, 0.2) is 41.0 Å². The summed E-state index contributed by atoms with van der Waals surface area (Å²) in [6.45, 7) is 0.748. The molecule has 3 N–H and O–H groups in total. The molecule has 1 heterocycles. The summed E-state index contributed by atoms with van der Waals surface area (Å²) in [5, 5.41) is 2.96. The molecule has 0 aromatic carbocycles. The third-order valence-corrected chi connectivity index (χ3v) is 2.77. The normalized spacial score (nSPS) is 15.8. The molecule has 0 amide bonds. The molecule has 4 nitrogen and oxygen atoms in total. The van der Waals surface area contributed by atoms with Crippen LogP contribution in [-0.4, -0.2) is 17.5 Å². The van der Waals surface area contributed by atoms with Gasteiger partial charge in [-0.15, -0.1) is 0 Å². The van der Waals surface area contributed by atoms with Crippen molar-refractivity contribution in [1.82, 2.24) is 4.98 Å². The van der Waals surface area contributed by atoms with Crippen LogP contribution in [0.25, 0.3) is 0 Å². The summed E-state index contributed by atoms with van der Waals surface area (Å²) in [6, 6.07) is 5.64. The maximum Gasteiger partial charge on any atom is 0.194 e. The maximum atomic E-state index is 5.77.